The minimum absolute atomic E-state index is 0.358. The van der Waals surface area contributed by atoms with Crippen LogP contribution in [0.4, 0.5) is 0 Å². The fraction of sp³-hybridized carbons (Fsp3) is 0.423. The molecule has 3 aromatic rings. The number of aromatic nitrogens is 2. The first-order valence-electron chi connectivity index (χ1n) is 11.6. The smallest absolute Gasteiger partial charge is 0.227 e. The highest BCUT2D eigenvalue weighted by atomic mass is 16.5. The van der Waals surface area contributed by atoms with E-state index >= 15 is 0 Å². The topological polar surface area (TPSA) is 59.8 Å². The minimum atomic E-state index is -0.511. The second kappa shape index (κ2) is 10.8. The molecule has 1 aliphatic carbocycles. The normalized spacial score (nSPS) is 14.6. The van der Waals surface area contributed by atoms with Crippen molar-refractivity contribution in [3.05, 3.63) is 71.9 Å². The predicted molar refractivity (Wildman–Crippen MR) is 125 cm³/mol. The number of hydrogen-bond acceptors (Lipinski definition) is 5. The van der Waals surface area contributed by atoms with E-state index in [9.17, 15) is 5.11 Å². The average molecular weight is 436 g/mol. The summed E-state index contributed by atoms with van der Waals surface area (Å²) in [5.41, 5.74) is 3.06. The molecule has 170 valence electrons. The Morgan fingerprint density at radius 1 is 1.06 bits per heavy atom. The first-order valence-corrected chi connectivity index (χ1v) is 11.6. The van der Waals surface area contributed by atoms with Gasteiger partial charge in [-0.1, -0.05) is 43.3 Å². The molecule has 1 N–H and O–H groups in total. The van der Waals surface area contributed by atoms with Gasteiger partial charge in [0, 0.05) is 25.7 Å². The molecule has 1 saturated carbocycles. The molecule has 2 aromatic carbocycles. The number of hydrogen-bond donors (Lipinski definition) is 1. The minimum Gasteiger partial charge on any atom is -0.439 e. The highest BCUT2D eigenvalue weighted by Gasteiger charge is 2.33. The molecule has 32 heavy (non-hydrogen) atoms. The van der Waals surface area contributed by atoms with Gasteiger partial charge in [-0.05, 0) is 50.5 Å². The Morgan fingerprint density at radius 2 is 1.75 bits per heavy atom. The molecule has 0 bridgehead atoms. The SMILES string of the molecule is CCOC[C@@H](O)CN(Cc1c(CC)nn(-c2ccccc2)c1Oc1ccccc1)C1CC1. The molecule has 6 nitrogen and oxygen atoms in total. The van der Waals surface area contributed by atoms with Gasteiger partial charge in [0.2, 0.25) is 5.88 Å². The van der Waals surface area contributed by atoms with Gasteiger partial charge in [0.25, 0.3) is 0 Å². The Bertz CT molecular complexity index is 971. The lowest BCUT2D eigenvalue weighted by Gasteiger charge is -2.25. The second-order valence-corrected chi connectivity index (χ2v) is 8.22. The fourth-order valence-electron chi connectivity index (χ4n) is 3.93. The summed E-state index contributed by atoms with van der Waals surface area (Å²) in [6.45, 7) is 6.31. The third-order valence-electron chi connectivity index (χ3n) is 5.70. The lowest BCUT2D eigenvalue weighted by Crippen LogP contribution is -2.36. The molecular weight excluding hydrogens is 402 g/mol. The van der Waals surface area contributed by atoms with Crippen LogP contribution in [-0.4, -0.2) is 51.7 Å². The molecular formula is C26H33N3O3. The van der Waals surface area contributed by atoms with Crippen molar-refractivity contribution < 1.29 is 14.6 Å². The summed E-state index contributed by atoms with van der Waals surface area (Å²) >= 11 is 0. The largest absolute Gasteiger partial charge is 0.439 e. The molecule has 0 unspecified atom stereocenters. The monoisotopic (exact) mass is 435 g/mol. The van der Waals surface area contributed by atoms with Crippen LogP contribution in [0.3, 0.4) is 0 Å². The maximum absolute atomic E-state index is 10.5. The van der Waals surface area contributed by atoms with Crippen molar-refractivity contribution in [1.29, 1.82) is 0 Å². The standard InChI is InChI=1S/C26H33N3O3/c1-3-25-24(18-28(20-15-16-20)17-22(30)19-31-4-2)26(32-23-13-9-6-10-14-23)29(27-25)21-11-7-5-8-12-21/h5-14,20,22,30H,3-4,15-19H2,1-2H3/t22-/m0/s1. The fourth-order valence-corrected chi connectivity index (χ4v) is 3.93. The summed E-state index contributed by atoms with van der Waals surface area (Å²) in [6.07, 6.45) is 2.61. The van der Waals surface area contributed by atoms with E-state index in [-0.39, 0.29) is 0 Å². The van der Waals surface area contributed by atoms with Crippen LogP contribution < -0.4 is 4.74 Å². The summed E-state index contributed by atoms with van der Waals surface area (Å²) in [7, 11) is 0. The van der Waals surface area contributed by atoms with Gasteiger partial charge in [0.1, 0.15) is 5.75 Å². The molecule has 1 atom stereocenters. The summed E-state index contributed by atoms with van der Waals surface area (Å²) in [5, 5.41) is 15.4. The van der Waals surface area contributed by atoms with Crippen LogP contribution in [0, 0.1) is 0 Å². The van der Waals surface area contributed by atoms with E-state index in [0.29, 0.717) is 32.3 Å². The van der Waals surface area contributed by atoms with Gasteiger partial charge in [-0.25, -0.2) is 4.68 Å². The number of nitrogens with zero attached hydrogens (tertiary/aromatic N) is 3. The van der Waals surface area contributed by atoms with Crippen molar-refractivity contribution in [3.63, 3.8) is 0 Å². The highest BCUT2D eigenvalue weighted by Crippen LogP contribution is 2.35. The maximum atomic E-state index is 10.5. The van der Waals surface area contributed by atoms with E-state index in [1.807, 2.05) is 72.3 Å². The number of aryl methyl sites for hydroxylation is 1. The van der Waals surface area contributed by atoms with Crippen LogP contribution in [0.1, 0.15) is 37.9 Å². The molecule has 1 aromatic heterocycles. The molecule has 0 radical (unpaired) electrons. The Balaban J connectivity index is 1.68. The molecule has 1 aliphatic rings. The van der Waals surface area contributed by atoms with Gasteiger partial charge in [-0.2, -0.15) is 5.10 Å². The van der Waals surface area contributed by atoms with Gasteiger partial charge in [-0.3, -0.25) is 4.90 Å². The maximum Gasteiger partial charge on any atom is 0.227 e. The third-order valence-corrected chi connectivity index (χ3v) is 5.70. The van der Waals surface area contributed by atoms with Crippen molar-refractivity contribution in [2.24, 2.45) is 0 Å². The number of rotatable bonds is 12. The first kappa shape index (κ1) is 22.5. The second-order valence-electron chi connectivity index (χ2n) is 8.22. The Morgan fingerprint density at radius 3 is 2.38 bits per heavy atom. The molecule has 0 saturated heterocycles. The van der Waals surface area contributed by atoms with Crippen molar-refractivity contribution in [2.45, 2.75) is 51.8 Å². The van der Waals surface area contributed by atoms with E-state index in [0.717, 1.165) is 47.8 Å². The molecule has 1 heterocycles. The van der Waals surface area contributed by atoms with Crippen molar-refractivity contribution in [1.82, 2.24) is 14.7 Å². The average Bonchev–Trinajstić information content (AvgIpc) is 3.62. The zero-order chi connectivity index (χ0) is 22.3. The summed E-state index contributed by atoms with van der Waals surface area (Å²) in [5.74, 6) is 1.52. The summed E-state index contributed by atoms with van der Waals surface area (Å²) in [4.78, 5) is 2.35. The Hall–Kier alpha value is -2.67. The van der Waals surface area contributed by atoms with Gasteiger partial charge in [0.15, 0.2) is 0 Å². The zero-order valence-corrected chi connectivity index (χ0v) is 19.0. The number of para-hydroxylation sites is 2. The van der Waals surface area contributed by atoms with Gasteiger partial charge >= 0.3 is 0 Å². The molecule has 4 rings (SSSR count). The first-order chi connectivity index (χ1) is 15.7. The third kappa shape index (κ3) is 5.57. The Kier molecular flexibility index (Phi) is 7.58. The molecule has 0 amide bonds. The lowest BCUT2D eigenvalue weighted by molar-refractivity contribution is 0.0177. The zero-order valence-electron chi connectivity index (χ0n) is 19.0. The van der Waals surface area contributed by atoms with E-state index in [4.69, 9.17) is 14.6 Å². The van der Waals surface area contributed by atoms with Crippen LogP contribution in [0.2, 0.25) is 0 Å². The lowest BCUT2D eigenvalue weighted by atomic mass is 10.1. The van der Waals surface area contributed by atoms with Crippen molar-refractivity contribution in [2.75, 3.05) is 19.8 Å². The molecule has 0 aliphatic heterocycles. The van der Waals surface area contributed by atoms with Crippen LogP contribution >= 0.6 is 0 Å². The number of aliphatic hydroxyl groups excluding tert-OH is 1. The van der Waals surface area contributed by atoms with E-state index in [1.54, 1.807) is 0 Å². The van der Waals surface area contributed by atoms with E-state index < -0.39 is 6.10 Å². The summed E-state index contributed by atoms with van der Waals surface area (Å²) < 4.78 is 13.8. The predicted octanol–water partition coefficient (Wildman–Crippen LogP) is 4.59. The highest BCUT2D eigenvalue weighted by molar-refractivity contribution is 5.43. The Labute approximate surface area is 190 Å². The van der Waals surface area contributed by atoms with Gasteiger partial charge in [-0.15, -0.1) is 0 Å². The summed E-state index contributed by atoms with van der Waals surface area (Å²) in [6, 6.07) is 20.4. The molecule has 0 spiro atoms. The van der Waals surface area contributed by atoms with Crippen molar-refractivity contribution in [3.8, 4) is 17.3 Å². The number of benzene rings is 2. The quantitative estimate of drug-likeness (QED) is 0.451. The van der Waals surface area contributed by atoms with Crippen LogP contribution in [0.15, 0.2) is 60.7 Å². The van der Waals surface area contributed by atoms with Crippen LogP contribution in [0.5, 0.6) is 11.6 Å². The van der Waals surface area contributed by atoms with Gasteiger partial charge < -0.3 is 14.6 Å². The van der Waals surface area contributed by atoms with Gasteiger partial charge in [0.05, 0.1) is 29.7 Å². The van der Waals surface area contributed by atoms with Crippen LogP contribution in [0.25, 0.3) is 5.69 Å². The number of ether oxygens (including phenoxy) is 2. The van der Waals surface area contributed by atoms with Crippen molar-refractivity contribution >= 4 is 0 Å². The molecule has 6 heteroatoms. The van der Waals surface area contributed by atoms with E-state index in [1.165, 1.54) is 0 Å². The molecule has 1 fully saturated rings. The number of aliphatic hydroxyl groups is 1. The van der Waals surface area contributed by atoms with E-state index in [2.05, 4.69) is 11.8 Å². The van der Waals surface area contributed by atoms with Crippen LogP contribution in [-0.2, 0) is 17.7 Å².